The Morgan fingerprint density at radius 3 is 2.58 bits per heavy atom. The van der Waals surface area contributed by atoms with E-state index in [1.165, 1.54) is 18.2 Å². The highest BCUT2D eigenvalue weighted by molar-refractivity contribution is 7.92. The molecule has 0 atom stereocenters. The molecular weight excluding hydrogens is 333 g/mol. The number of carbonyl (C=O) groups is 1. The van der Waals surface area contributed by atoms with Gasteiger partial charge in [-0.3, -0.25) is 4.31 Å². The molecule has 5 nitrogen and oxygen atoms in total. The van der Waals surface area contributed by atoms with Gasteiger partial charge in [-0.15, -0.1) is 0 Å². The Morgan fingerprint density at radius 1 is 1.21 bits per heavy atom. The fourth-order valence-electron chi connectivity index (χ4n) is 2.90. The van der Waals surface area contributed by atoms with Crippen LogP contribution in [0, 0.1) is 19.7 Å². The van der Waals surface area contributed by atoms with Gasteiger partial charge in [0, 0.05) is 6.54 Å². The summed E-state index contributed by atoms with van der Waals surface area (Å²) in [6.07, 6.45) is 0.492. The minimum Gasteiger partial charge on any atom is -0.478 e. The summed E-state index contributed by atoms with van der Waals surface area (Å²) in [5.41, 5.74) is 2.11. The number of benzene rings is 2. The van der Waals surface area contributed by atoms with E-state index in [1.54, 1.807) is 19.9 Å². The van der Waals surface area contributed by atoms with Crippen LogP contribution in [0.3, 0.4) is 0 Å². The maximum Gasteiger partial charge on any atom is 0.336 e. The van der Waals surface area contributed by atoms with Gasteiger partial charge in [-0.05, 0) is 61.2 Å². The summed E-state index contributed by atoms with van der Waals surface area (Å²) in [5, 5.41) is 9.28. The Morgan fingerprint density at radius 2 is 1.92 bits per heavy atom. The highest BCUT2D eigenvalue weighted by atomic mass is 32.2. The Hall–Kier alpha value is -2.41. The van der Waals surface area contributed by atoms with Gasteiger partial charge in [0.05, 0.1) is 16.1 Å². The fraction of sp³-hybridized carbons (Fsp3) is 0.235. The van der Waals surface area contributed by atoms with Crippen LogP contribution in [0.2, 0.25) is 0 Å². The van der Waals surface area contributed by atoms with Crippen molar-refractivity contribution in [2.24, 2.45) is 0 Å². The summed E-state index contributed by atoms with van der Waals surface area (Å²) >= 11 is 0. The number of halogens is 1. The van der Waals surface area contributed by atoms with E-state index < -0.39 is 21.8 Å². The lowest BCUT2D eigenvalue weighted by Gasteiger charge is -2.20. The van der Waals surface area contributed by atoms with E-state index in [-0.39, 0.29) is 17.0 Å². The Kier molecular flexibility index (Phi) is 3.83. The van der Waals surface area contributed by atoms with Gasteiger partial charge in [0.15, 0.2) is 0 Å². The highest BCUT2D eigenvalue weighted by Crippen LogP contribution is 2.34. The zero-order valence-electron chi connectivity index (χ0n) is 13.2. The molecule has 1 heterocycles. The molecule has 1 N–H and O–H groups in total. The van der Waals surface area contributed by atoms with Gasteiger partial charge in [-0.1, -0.05) is 6.07 Å². The van der Waals surface area contributed by atoms with Crippen LogP contribution in [0.15, 0.2) is 35.2 Å². The van der Waals surface area contributed by atoms with Crippen LogP contribution < -0.4 is 4.31 Å². The van der Waals surface area contributed by atoms with Crippen LogP contribution in [0.25, 0.3) is 0 Å². The van der Waals surface area contributed by atoms with Gasteiger partial charge >= 0.3 is 5.97 Å². The van der Waals surface area contributed by atoms with Crippen molar-refractivity contribution in [1.29, 1.82) is 0 Å². The van der Waals surface area contributed by atoms with Crippen molar-refractivity contribution in [3.05, 3.63) is 58.4 Å². The third-order valence-corrected chi connectivity index (χ3v) is 6.15. The number of hydrogen-bond donors (Lipinski definition) is 1. The van der Waals surface area contributed by atoms with Crippen LogP contribution in [0.5, 0.6) is 0 Å². The predicted octanol–water partition coefficient (Wildman–Crippen LogP) is 2.89. The molecule has 0 saturated heterocycles. The van der Waals surface area contributed by atoms with Gasteiger partial charge in [-0.2, -0.15) is 0 Å². The Balaban J connectivity index is 2.14. The molecule has 1 aliphatic rings. The van der Waals surface area contributed by atoms with Crippen molar-refractivity contribution in [3.63, 3.8) is 0 Å². The normalized spacial score (nSPS) is 13.9. The smallest absolute Gasteiger partial charge is 0.336 e. The summed E-state index contributed by atoms with van der Waals surface area (Å²) in [6.45, 7) is 3.50. The second-order valence-corrected chi connectivity index (χ2v) is 7.68. The summed E-state index contributed by atoms with van der Waals surface area (Å²) in [4.78, 5) is 11.3. The minimum atomic E-state index is -3.96. The fourth-order valence-corrected chi connectivity index (χ4v) is 4.50. The number of aromatic carboxylic acids is 1. The second-order valence-electron chi connectivity index (χ2n) is 5.82. The number of hydrogen-bond acceptors (Lipinski definition) is 3. The Bertz CT molecular complexity index is 953. The average molecular weight is 349 g/mol. The first-order valence-corrected chi connectivity index (χ1v) is 8.81. The molecule has 0 unspecified atom stereocenters. The van der Waals surface area contributed by atoms with Crippen molar-refractivity contribution >= 4 is 21.7 Å². The molecule has 3 rings (SSSR count). The summed E-state index contributed by atoms with van der Waals surface area (Å²) in [5.74, 6) is -1.69. The van der Waals surface area contributed by atoms with Crippen LogP contribution in [-0.4, -0.2) is 26.0 Å². The van der Waals surface area contributed by atoms with Crippen molar-refractivity contribution in [1.82, 2.24) is 0 Å². The molecule has 0 bridgehead atoms. The summed E-state index contributed by atoms with van der Waals surface area (Å²) in [7, 11) is -3.96. The number of fused-ring (bicyclic) bond motifs is 1. The topological polar surface area (TPSA) is 74.7 Å². The number of anilines is 1. The predicted molar refractivity (Wildman–Crippen MR) is 87.5 cm³/mol. The van der Waals surface area contributed by atoms with E-state index in [1.807, 2.05) is 0 Å². The van der Waals surface area contributed by atoms with Crippen molar-refractivity contribution in [2.75, 3.05) is 10.8 Å². The van der Waals surface area contributed by atoms with Gasteiger partial charge in [0.2, 0.25) is 0 Å². The van der Waals surface area contributed by atoms with E-state index in [4.69, 9.17) is 0 Å². The number of rotatable bonds is 3. The molecule has 2 aromatic carbocycles. The van der Waals surface area contributed by atoms with Gasteiger partial charge in [0.25, 0.3) is 10.0 Å². The van der Waals surface area contributed by atoms with Gasteiger partial charge < -0.3 is 5.11 Å². The first-order chi connectivity index (χ1) is 11.2. The SMILES string of the molecule is Cc1cc(S(=O)(=O)N2CCc3ccc(F)cc32)cc(C(=O)O)c1C. The lowest BCUT2D eigenvalue weighted by atomic mass is 10.0. The monoisotopic (exact) mass is 349 g/mol. The quantitative estimate of drug-likeness (QED) is 0.925. The van der Waals surface area contributed by atoms with E-state index >= 15 is 0 Å². The molecule has 2 aromatic rings. The van der Waals surface area contributed by atoms with E-state index in [9.17, 15) is 22.7 Å². The zero-order chi connectivity index (χ0) is 17.6. The van der Waals surface area contributed by atoms with Crippen molar-refractivity contribution < 1.29 is 22.7 Å². The maximum absolute atomic E-state index is 13.5. The molecule has 0 amide bonds. The standard InChI is InChI=1S/C17H16FNO4S/c1-10-7-14(9-15(11(10)2)17(20)21)24(22,23)19-6-5-12-3-4-13(18)8-16(12)19/h3-4,7-9H,5-6H2,1-2H3,(H,20,21). The van der Waals surface area contributed by atoms with Crippen LogP contribution in [0.4, 0.5) is 10.1 Å². The molecular formula is C17H16FNO4S. The largest absolute Gasteiger partial charge is 0.478 e. The number of aryl methyl sites for hydroxylation is 1. The van der Waals surface area contributed by atoms with Crippen LogP contribution >= 0.6 is 0 Å². The molecule has 0 radical (unpaired) electrons. The minimum absolute atomic E-state index is 0.0489. The molecule has 7 heteroatoms. The lowest BCUT2D eigenvalue weighted by molar-refractivity contribution is 0.0695. The second kappa shape index (κ2) is 5.59. The first-order valence-electron chi connectivity index (χ1n) is 7.37. The molecule has 0 fully saturated rings. The molecule has 0 saturated carbocycles. The number of carboxylic acid groups (broad SMARTS) is 1. The molecule has 126 valence electrons. The average Bonchev–Trinajstić information content (AvgIpc) is 2.92. The van der Waals surface area contributed by atoms with Crippen molar-refractivity contribution in [3.8, 4) is 0 Å². The molecule has 0 aromatic heterocycles. The third kappa shape index (κ3) is 2.54. The van der Waals surface area contributed by atoms with Gasteiger partial charge in [-0.25, -0.2) is 17.6 Å². The van der Waals surface area contributed by atoms with E-state index in [2.05, 4.69) is 0 Å². The maximum atomic E-state index is 13.5. The summed E-state index contributed by atoms with van der Waals surface area (Å²) < 4.78 is 40.6. The van der Waals surface area contributed by atoms with Crippen LogP contribution in [0.1, 0.15) is 27.0 Å². The van der Waals surface area contributed by atoms with E-state index in [0.717, 1.165) is 15.9 Å². The molecule has 24 heavy (non-hydrogen) atoms. The summed E-state index contributed by atoms with van der Waals surface area (Å²) in [6, 6.07) is 6.68. The van der Waals surface area contributed by atoms with Crippen molar-refractivity contribution in [2.45, 2.75) is 25.2 Å². The Labute approximate surface area is 139 Å². The zero-order valence-corrected chi connectivity index (χ0v) is 14.0. The molecule has 0 aliphatic carbocycles. The van der Waals surface area contributed by atoms with Crippen LogP contribution in [-0.2, 0) is 16.4 Å². The first kappa shape index (κ1) is 16.4. The molecule has 0 spiro atoms. The van der Waals surface area contributed by atoms with E-state index in [0.29, 0.717) is 23.2 Å². The lowest BCUT2D eigenvalue weighted by Crippen LogP contribution is -2.29. The number of nitrogens with zero attached hydrogens (tertiary/aromatic N) is 1. The highest BCUT2D eigenvalue weighted by Gasteiger charge is 2.32. The number of sulfonamides is 1. The van der Waals surface area contributed by atoms with Gasteiger partial charge in [0.1, 0.15) is 5.82 Å². The third-order valence-electron chi connectivity index (χ3n) is 4.36. The molecule has 1 aliphatic heterocycles. The number of carboxylic acids is 1.